The Balaban J connectivity index is 0.00000420. The fourth-order valence-corrected chi connectivity index (χ4v) is 2.54. The monoisotopic (exact) mass is 462 g/mol. The van der Waals surface area contributed by atoms with Crippen LogP contribution in [0, 0.1) is 10.1 Å². The lowest BCUT2D eigenvalue weighted by Gasteiger charge is -2.12. The van der Waals surface area contributed by atoms with Crippen LogP contribution in [-0.4, -0.2) is 36.4 Å². The van der Waals surface area contributed by atoms with Crippen LogP contribution in [0.25, 0.3) is 0 Å². The van der Waals surface area contributed by atoms with Crippen molar-refractivity contribution in [2.75, 3.05) is 25.0 Å². The number of hydrogen-bond acceptors (Lipinski definition) is 6. The number of amides is 2. The number of hydrogen-bond donors (Lipinski definition) is 3. The lowest BCUT2D eigenvalue weighted by atomic mass is 10.2. The van der Waals surface area contributed by atoms with Crippen LogP contribution in [-0.2, 0) is 4.79 Å². The number of nitrogens with zero attached hydrogens (tertiary/aromatic N) is 1. The molecule has 2 aromatic rings. The largest absolute Gasteiger partial charge is 0.491 e. The van der Waals surface area contributed by atoms with Gasteiger partial charge in [-0.15, -0.1) is 12.4 Å². The number of nitrogens with two attached hydrogens (primary N) is 1. The van der Waals surface area contributed by atoms with Crippen molar-refractivity contribution in [3.05, 3.63) is 62.1 Å². The first-order chi connectivity index (χ1) is 13.3. The zero-order chi connectivity index (χ0) is 20.7. The first kappa shape index (κ1) is 24.4. The first-order valence-electron chi connectivity index (χ1n) is 7.96. The molecule has 0 bridgehead atoms. The Morgan fingerprint density at radius 2 is 1.90 bits per heavy atom. The highest BCUT2D eigenvalue weighted by molar-refractivity contribution is 6.34. The molecule has 2 aromatic carbocycles. The van der Waals surface area contributed by atoms with Gasteiger partial charge in [-0.05, 0) is 24.3 Å². The summed E-state index contributed by atoms with van der Waals surface area (Å²) < 4.78 is 5.39. The van der Waals surface area contributed by atoms with Crippen molar-refractivity contribution >= 4 is 58.8 Å². The zero-order valence-electron chi connectivity index (χ0n) is 14.8. The second-order valence-electron chi connectivity index (χ2n) is 5.43. The molecule has 0 heterocycles. The molecule has 0 unspecified atom stereocenters. The summed E-state index contributed by atoms with van der Waals surface area (Å²) in [5, 5.41) is 15.9. The van der Waals surface area contributed by atoms with Crippen molar-refractivity contribution < 1.29 is 19.2 Å². The van der Waals surface area contributed by atoms with Gasteiger partial charge in [0.2, 0.25) is 5.91 Å². The van der Waals surface area contributed by atoms with Crippen LogP contribution in [0.2, 0.25) is 10.0 Å². The molecule has 0 radical (unpaired) electrons. The maximum absolute atomic E-state index is 12.4. The minimum Gasteiger partial charge on any atom is -0.491 e. The fourth-order valence-electron chi connectivity index (χ4n) is 2.14. The SMILES string of the molecule is Cl.NCCOc1ccc(Cl)cc1C(=O)NCC(=O)Nc1ccc([N+](=O)[O-])cc1Cl. The molecule has 0 atom stereocenters. The molecule has 156 valence electrons. The van der Waals surface area contributed by atoms with Crippen molar-refractivity contribution in [1.29, 1.82) is 0 Å². The van der Waals surface area contributed by atoms with Gasteiger partial charge in [0.05, 0.1) is 27.7 Å². The van der Waals surface area contributed by atoms with Crippen molar-refractivity contribution in [1.82, 2.24) is 5.32 Å². The van der Waals surface area contributed by atoms with E-state index in [9.17, 15) is 19.7 Å². The van der Waals surface area contributed by atoms with E-state index in [1.807, 2.05) is 0 Å². The van der Waals surface area contributed by atoms with E-state index in [4.69, 9.17) is 33.7 Å². The van der Waals surface area contributed by atoms with E-state index >= 15 is 0 Å². The molecule has 0 saturated heterocycles. The van der Waals surface area contributed by atoms with E-state index in [0.717, 1.165) is 6.07 Å². The average Bonchev–Trinajstić information content (AvgIpc) is 2.66. The zero-order valence-corrected chi connectivity index (χ0v) is 17.1. The molecular formula is C17H17Cl3N4O5. The van der Waals surface area contributed by atoms with Crippen LogP contribution >= 0.6 is 35.6 Å². The Labute approximate surface area is 182 Å². The summed E-state index contributed by atoms with van der Waals surface area (Å²) >= 11 is 11.8. The van der Waals surface area contributed by atoms with Crippen LogP contribution in [0.3, 0.4) is 0 Å². The maximum Gasteiger partial charge on any atom is 0.271 e. The summed E-state index contributed by atoms with van der Waals surface area (Å²) in [6.45, 7) is 0.109. The normalized spacial score (nSPS) is 9.90. The van der Waals surface area contributed by atoms with Crippen molar-refractivity contribution in [2.24, 2.45) is 5.73 Å². The van der Waals surface area contributed by atoms with Crippen molar-refractivity contribution in [2.45, 2.75) is 0 Å². The van der Waals surface area contributed by atoms with Gasteiger partial charge >= 0.3 is 0 Å². The van der Waals surface area contributed by atoms with Gasteiger partial charge in [-0.2, -0.15) is 0 Å². The van der Waals surface area contributed by atoms with Gasteiger partial charge < -0.3 is 21.1 Å². The van der Waals surface area contributed by atoms with E-state index < -0.39 is 16.7 Å². The Hall–Kier alpha value is -2.59. The predicted molar refractivity (Wildman–Crippen MR) is 112 cm³/mol. The number of rotatable bonds is 8. The minimum absolute atomic E-state index is 0. The van der Waals surface area contributed by atoms with E-state index in [1.54, 1.807) is 6.07 Å². The highest BCUT2D eigenvalue weighted by atomic mass is 35.5. The molecule has 0 saturated carbocycles. The molecule has 0 spiro atoms. The van der Waals surface area contributed by atoms with Gasteiger partial charge in [0.25, 0.3) is 11.6 Å². The number of anilines is 1. The predicted octanol–water partition coefficient (Wildman–Crippen LogP) is 3.03. The standard InChI is InChI=1S/C17H16Cl2N4O5.ClH/c18-10-1-4-15(28-6-5-20)12(7-10)17(25)21-9-16(24)22-14-3-2-11(23(26)27)8-13(14)19;/h1-4,7-8H,5-6,9,20H2,(H,21,25)(H,22,24);1H. The number of carbonyl (C=O) groups excluding carboxylic acids is 2. The number of halogens is 3. The van der Waals surface area contributed by atoms with E-state index in [0.29, 0.717) is 5.02 Å². The Morgan fingerprint density at radius 3 is 2.52 bits per heavy atom. The minimum atomic E-state index is -0.604. The maximum atomic E-state index is 12.4. The van der Waals surface area contributed by atoms with Crippen LogP contribution in [0.15, 0.2) is 36.4 Å². The Morgan fingerprint density at radius 1 is 1.17 bits per heavy atom. The van der Waals surface area contributed by atoms with Gasteiger partial charge in [0.15, 0.2) is 0 Å². The summed E-state index contributed by atoms with van der Waals surface area (Å²) in [6, 6.07) is 8.12. The van der Waals surface area contributed by atoms with Crippen LogP contribution in [0.1, 0.15) is 10.4 Å². The number of nitro benzene ring substituents is 1. The van der Waals surface area contributed by atoms with Crippen LogP contribution in [0.4, 0.5) is 11.4 Å². The number of nitrogens with one attached hydrogen (secondary N) is 2. The lowest BCUT2D eigenvalue weighted by Crippen LogP contribution is -2.33. The molecule has 0 aliphatic rings. The third-order valence-corrected chi connectivity index (χ3v) is 3.96. The molecule has 0 aromatic heterocycles. The number of nitro groups is 1. The number of ether oxygens (including phenoxy) is 1. The smallest absolute Gasteiger partial charge is 0.271 e. The number of non-ortho nitro benzene ring substituents is 1. The first-order valence-corrected chi connectivity index (χ1v) is 8.72. The molecule has 0 aliphatic heterocycles. The molecule has 0 fully saturated rings. The highest BCUT2D eigenvalue weighted by Crippen LogP contribution is 2.26. The fraction of sp³-hybridized carbons (Fsp3) is 0.176. The quantitative estimate of drug-likeness (QED) is 0.406. The number of carbonyl (C=O) groups is 2. The van der Waals surface area contributed by atoms with Crippen LogP contribution < -0.4 is 21.1 Å². The molecule has 2 amide bonds. The third kappa shape index (κ3) is 7.06. The average molecular weight is 464 g/mol. The van der Waals surface area contributed by atoms with Crippen molar-refractivity contribution in [3.63, 3.8) is 0 Å². The molecular weight excluding hydrogens is 447 g/mol. The second kappa shape index (κ2) is 11.4. The Kier molecular flexibility index (Phi) is 9.63. The lowest BCUT2D eigenvalue weighted by molar-refractivity contribution is -0.384. The van der Waals surface area contributed by atoms with Gasteiger partial charge in [0, 0.05) is 23.7 Å². The molecule has 29 heavy (non-hydrogen) atoms. The topological polar surface area (TPSA) is 137 Å². The van der Waals surface area contributed by atoms with Crippen molar-refractivity contribution in [3.8, 4) is 5.75 Å². The van der Waals surface area contributed by atoms with Gasteiger partial charge in [0.1, 0.15) is 12.4 Å². The molecule has 2 rings (SSSR count). The molecule has 9 nitrogen and oxygen atoms in total. The summed E-state index contributed by atoms with van der Waals surface area (Å²) in [4.78, 5) is 34.5. The number of benzene rings is 2. The molecule has 0 aliphatic carbocycles. The molecule has 4 N–H and O–H groups in total. The second-order valence-corrected chi connectivity index (χ2v) is 6.27. The Bertz CT molecular complexity index is 911. The third-order valence-electron chi connectivity index (χ3n) is 3.41. The van der Waals surface area contributed by atoms with Gasteiger partial charge in [-0.3, -0.25) is 19.7 Å². The molecule has 12 heteroatoms. The van der Waals surface area contributed by atoms with Gasteiger partial charge in [-0.1, -0.05) is 23.2 Å². The van der Waals surface area contributed by atoms with E-state index in [1.165, 1.54) is 24.3 Å². The van der Waals surface area contributed by atoms with Gasteiger partial charge in [-0.25, -0.2) is 0 Å². The highest BCUT2D eigenvalue weighted by Gasteiger charge is 2.16. The van der Waals surface area contributed by atoms with Crippen LogP contribution in [0.5, 0.6) is 5.75 Å². The summed E-state index contributed by atoms with van der Waals surface area (Å²) in [7, 11) is 0. The van der Waals surface area contributed by atoms with E-state index in [2.05, 4.69) is 10.6 Å². The summed E-state index contributed by atoms with van der Waals surface area (Å²) in [6.07, 6.45) is 0. The van der Waals surface area contributed by atoms with E-state index in [-0.39, 0.29) is 59.8 Å². The summed E-state index contributed by atoms with van der Waals surface area (Å²) in [5.41, 5.74) is 5.52. The summed E-state index contributed by atoms with van der Waals surface area (Å²) in [5.74, 6) is -0.860.